The van der Waals surface area contributed by atoms with Gasteiger partial charge in [-0.2, -0.15) is 4.98 Å². The first-order valence-corrected chi connectivity index (χ1v) is 10.0. The number of benzene rings is 2. The number of rotatable bonds is 9. The quantitative estimate of drug-likeness (QED) is 0.446. The summed E-state index contributed by atoms with van der Waals surface area (Å²) >= 11 is 0. The van der Waals surface area contributed by atoms with Crippen LogP contribution in [0, 0.1) is 0 Å². The van der Waals surface area contributed by atoms with Crippen LogP contribution in [0.2, 0.25) is 0 Å². The molecule has 2 heterocycles. The van der Waals surface area contributed by atoms with E-state index in [9.17, 15) is 4.79 Å². The molecule has 7 heteroatoms. The fourth-order valence-electron chi connectivity index (χ4n) is 3.01. The van der Waals surface area contributed by atoms with Crippen LogP contribution in [-0.2, 0) is 24.4 Å². The largest absolute Gasteiger partial charge is 0.489 e. The topological polar surface area (TPSA) is 90.1 Å². The molecule has 0 aliphatic heterocycles. The van der Waals surface area contributed by atoms with Crippen LogP contribution in [0.25, 0.3) is 11.5 Å². The molecule has 7 nitrogen and oxygen atoms in total. The van der Waals surface area contributed by atoms with Gasteiger partial charge >= 0.3 is 0 Å². The predicted octanol–water partition coefficient (Wildman–Crippen LogP) is 3.96. The van der Waals surface area contributed by atoms with Crippen LogP contribution in [0.4, 0.5) is 0 Å². The van der Waals surface area contributed by atoms with Crippen molar-refractivity contribution in [3.05, 3.63) is 96.0 Å². The van der Waals surface area contributed by atoms with E-state index in [4.69, 9.17) is 9.26 Å². The van der Waals surface area contributed by atoms with Gasteiger partial charge in [0.05, 0.1) is 0 Å². The smallest absolute Gasteiger partial charge is 0.227 e. The van der Waals surface area contributed by atoms with Crippen molar-refractivity contribution in [1.29, 1.82) is 0 Å². The van der Waals surface area contributed by atoms with Gasteiger partial charge in [0.2, 0.25) is 17.6 Å². The maximum absolute atomic E-state index is 12.3. The molecular formula is C24H22N4O3. The summed E-state index contributed by atoms with van der Waals surface area (Å²) in [4.78, 5) is 20.8. The van der Waals surface area contributed by atoms with Gasteiger partial charge in [0, 0.05) is 25.6 Å². The second kappa shape index (κ2) is 10.2. The summed E-state index contributed by atoms with van der Waals surface area (Å²) in [7, 11) is 0. The minimum atomic E-state index is -0.0867. The van der Waals surface area contributed by atoms with E-state index in [0.29, 0.717) is 37.0 Å². The molecule has 1 N–H and O–H groups in total. The van der Waals surface area contributed by atoms with E-state index in [-0.39, 0.29) is 12.3 Å². The van der Waals surface area contributed by atoms with Gasteiger partial charge in [-0.05, 0) is 35.4 Å². The number of nitrogens with zero attached hydrogens (tertiary/aromatic N) is 3. The van der Waals surface area contributed by atoms with Crippen LogP contribution in [0.3, 0.4) is 0 Å². The average molecular weight is 414 g/mol. The Hall–Kier alpha value is -4.00. The van der Waals surface area contributed by atoms with Crippen molar-refractivity contribution in [2.24, 2.45) is 0 Å². The van der Waals surface area contributed by atoms with E-state index >= 15 is 0 Å². The zero-order chi connectivity index (χ0) is 21.3. The van der Waals surface area contributed by atoms with Crippen LogP contribution in [0.15, 0.2) is 83.5 Å². The summed E-state index contributed by atoms with van der Waals surface area (Å²) in [6.45, 7) is 0.866. The summed E-state index contributed by atoms with van der Waals surface area (Å²) in [5.74, 6) is 1.55. The highest BCUT2D eigenvalue weighted by Crippen LogP contribution is 2.15. The van der Waals surface area contributed by atoms with E-state index in [1.165, 1.54) is 0 Å². The third kappa shape index (κ3) is 5.76. The Labute approximate surface area is 180 Å². The number of nitrogens with one attached hydrogen (secondary N) is 1. The first-order chi connectivity index (χ1) is 15.3. The van der Waals surface area contributed by atoms with Crippen molar-refractivity contribution < 1.29 is 14.1 Å². The van der Waals surface area contributed by atoms with Crippen LogP contribution >= 0.6 is 0 Å². The third-order valence-electron chi connectivity index (χ3n) is 4.66. The first kappa shape index (κ1) is 20.3. The maximum atomic E-state index is 12.3. The van der Waals surface area contributed by atoms with Crippen molar-refractivity contribution >= 4 is 5.91 Å². The Bertz CT molecular complexity index is 1110. The molecule has 0 fully saturated rings. The second-order valence-electron chi connectivity index (χ2n) is 6.87. The number of carbonyl (C=O) groups excluding carboxylic acids is 1. The number of ether oxygens (including phenoxy) is 1. The number of aromatic nitrogens is 3. The molecule has 0 spiro atoms. The molecule has 0 aliphatic rings. The second-order valence-corrected chi connectivity index (χ2v) is 6.87. The van der Waals surface area contributed by atoms with Gasteiger partial charge in [0.25, 0.3) is 0 Å². The minimum Gasteiger partial charge on any atom is -0.489 e. The molecule has 2 aromatic heterocycles. The Morgan fingerprint density at radius 1 is 0.935 bits per heavy atom. The fourth-order valence-corrected chi connectivity index (χ4v) is 3.01. The normalized spacial score (nSPS) is 10.6. The Morgan fingerprint density at radius 3 is 2.52 bits per heavy atom. The molecule has 0 aliphatic carbocycles. The zero-order valence-electron chi connectivity index (χ0n) is 16.9. The highest BCUT2D eigenvalue weighted by molar-refractivity contribution is 5.76. The average Bonchev–Trinajstić information content (AvgIpc) is 3.31. The van der Waals surface area contributed by atoms with E-state index in [2.05, 4.69) is 20.4 Å². The van der Waals surface area contributed by atoms with Crippen molar-refractivity contribution in [3.8, 4) is 17.3 Å². The predicted molar refractivity (Wildman–Crippen MR) is 115 cm³/mol. The number of amides is 1. The summed E-state index contributed by atoms with van der Waals surface area (Å²) in [6.07, 6.45) is 2.29. The van der Waals surface area contributed by atoms with Gasteiger partial charge in [-0.1, -0.05) is 53.7 Å². The number of aryl methyl sites for hydroxylation is 1. The lowest BCUT2D eigenvalue weighted by Gasteiger charge is -2.12. The zero-order valence-corrected chi connectivity index (χ0v) is 16.9. The Kier molecular flexibility index (Phi) is 6.64. The molecular weight excluding hydrogens is 392 g/mol. The molecule has 0 saturated heterocycles. The highest BCUT2D eigenvalue weighted by atomic mass is 16.5. The highest BCUT2D eigenvalue weighted by Gasteiger charge is 2.12. The summed E-state index contributed by atoms with van der Waals surface area (Å²) < 4.78 is 11.1. The summed E-state index contributed by atoms with van der Waals surface area (Å²) in [5, 5.41) is 6.87. The lowest BCUT2D eigenvalue weighted by Crippen LogP contribution is -2.23. The fraction of sp³-hybridized carbons (Fsp3) is 0.167. The van der Waals surface area contributed by atoms with E-state index in [1.807, 2.05) is 66.7 Å². The molecule has 31 heavy (non-hydrogen) atoms. The van der Waals surface area contributed by atoms with Gasteiger partial charge in [0.15, 0.2) is 0 Å². The van der Waals surface area contributed by atoms with Gasteiger partial charge in [-0.3, -0.25) is 9.78 Å². The van der Waals surface area contributed by atoms with Crippen molar-refractivity contribution in [1.82, 2.24) is 20.4 Å². The van der Waals surface area contributed by atoms with Gasteiger partial charge < -0.3 is 14.6 Å². The molecule has 0 atom stereocenters. The van der Waals surface area contributed by atoms with Crippen molar-refractivity contribution in [2.75, 3.05) is 0 Å². The number of hydrogen-bond donors (Lipinski definition) is 1. The first-order valence-electron chi connectivity index (χ1n) is 10.0. The van der Waals surface area contributed by atoms with E-state index in [1.54, 1.807) is 12.3 Å². The van der Waals surface area contributed by atoms with E-state index in [0.717, 1.165) is 16.9 Å². The summed E-state index contributed by atoms with van der Waals surface area (Å²) in [6, 6.07) is 23.0. The lowest BCUT2D eigenvalue weighted by molar-refractivity contribution is -0.121. The van der Waals surface area contributed by atoms with Crippen LogP contribution in [0.1, 0.15) is 23.4 Å². The molecule has 0 bridgehead atoms. The van der Waals surface area contributed by atoms with Crippen LogP contribution in [0.5, 0.6) is 5.75 Å². The van der Waals surface area contributed by atoms with Gasteiger partial charge in [-0.15, -0.1) is 0 Å². The van der Waals surface area contributed by atoms with Crippen LogP contribution in [-0.4, -0.2) is 21.0 Å². The number of hydrogen-bond acceptors (Lipinski definition) is 6. The van der Waals surface area contributed by atoms with Crippen molar-refractivity contribution in [3.63, 3.8) is 0 Å². The monoisotopic (exact) mass is 414 g/mol. The van der Waals surface area contributed by atoms with E-state index < -0.39 is 0 Å². The number of pyridine rings is 1. The van der Waals surface area contributed by atoms with Crippen molar-refractivity contribution in [2.45, 2.75) is 26.0 Å². The lowest BCUT2D eigenvalue weighted by atomic mass is 10.1. The Morgan fingerprint density at radius 2 is 1.71 bits per heavy atom. The molecule has 0 saturated carbocycles. The third-order valence-corrected chi connectivity index (χ3v) is 4.66. The minimum absolute atomic E-state index is 0.0867. The van der Waals surface area contributed by atoms with Gasteiger partial charge in [0.1, 0.15) is 18.1 Å². The number of para-hydroxylation sites is 1. The molecule has 4 aromatic rings. The van der Waals surface area contributed by atoms with Crippen LogP contribution < -0.4 is 10.1 Å². The summed E-state index contributed by atoms with van der Waals surface area (Å²) in [5.41, 5.74) is 2.68. The molecule has 0 unspecified atom stereocenters. The molecule has 2 aromatic carbocycles. The SMILES string of the molecule is O=C(CCc1nc(-c2ccccn2)no1)NCc1ccccc1COc1ccccc1. The molecule has 0 radical (unpaired) electrons. The van der Waals surface area contributed by atoms with Gasteiger partial charge in [-0.25, -0.2) is 0 Å². The molecule has 156 valence electrons. The molecule has 4 rings (SSSR count). The standard InChI is InChI=1S/C24H22N4O3/c29-22(13-14-23-27-24(28-31-23)21-12-6-7-15-25-21)26-16-18-8-4-5-9-19(18)17-30-20-10-2-1-3-11-20/h1-12,15H,13-14,16-17H2,(H,26,29). The maximum Gasteiger partial charge on any atom is 0.227 e. The number of carbonyl (C=O) groups is 1. The Balaban J connectivity index is 1.27. The molecule has 1 amide bonds.